The quantitative estimate of drug-likeness (QED) is 0.777. The smallest absolute Gasteiger partial charge is 0.407 e. The van der Waals surface area contributed by atoms with Crippen molar-refractivity contribution in [3.8, 4) is 0 Å². The molecule has 3 aliphatic rings. The lowest BCUT2D eigenvalue weighted by Crippen LogP contribution is -2.57. The highest BCUT2D eigenvalue weighted by Crippen LogP contribution is 2.63. The minimum atomic E-state index is -0.451. The van der Waals surface area contributed by atoms with Gasteiger partial charge >= 0.3 is 6.09 Å². The lowest BCUT2D eigenvalue weighted by Gasteiger charge is -2.53. The van der Waals surface area contributed by atoms with Crippen LogP contribution in [-0.4, -0.2) is 28.9 Å². The molecule has 1 heterocycles. The van der Waals surface area contributed by atoms with Gasteiger partial charge in [0.05, 0.1) is 11.2 Å². The Morgan fingerprint density at radius 2 is 1.78 bits per heavy atom. The van der Waals surface area contributed by atoms with Crippen molar-refractivity contribution in [3.63, 3.8) is 0 Å². The van der Waals surface area contributed by atoms with Gasteiger partial charge in [0.1, 0.15) is 5.60 Å². The van der Waals surface area contributed by atoms with E-state index in [1.54, 1.807) is 0 Å². The minimum Gasteiger partial charge on any atom is -0.444 e. The van der Waals surface area contributed by atoms with E-state index in [0.717, 1.165) is 25.7 Å². The number of hydrogen-bond donors (Lipinski definition) is 1. The summed E-state index contributed by atoms with van der Waals surface area (Å²) in [6.07, 6.45) is 6.43. The molecule has 0 radical (unpaired) electrons. The summed E-state index contributed by atoms with van der Waals surface area (Å²) in [6.45, 7) is 12.6. The Balaban J connectivity index is 1.72. The van der Waals surface area contributed by atoms with E-state index in [4.69, 9.17) is 9.47 Å². The van der Waals surface area contributed by atoms with Crippen molar-refractivity contribution in [3.05, 3.63) is 0 Å². The van der Waals surface area contributed by atoms with Gasteiger partial charge in [-0.25, -0.2) is 4.79 Å². The molecule has 0 aromatic heterocycles. The van der Waals surface area contributed by atoms with Crippen molar-refractivity contribution in [2.75, 3.05) is 0 Å². The molecule has 4 atom stereocenters. The summed E-state index contributed by atoms with van der Waals surface area (Å²) < 4.78 is 12.1. The van der Waals surface area contributed by atoms with Gasteiger partial charge in [-0.15, -0.1) is 0 Å². The second-order valence-electron chi connectivity index (χ2n) is 9.79. The zero-order valence-corrected chi connectivity index (χ0v) is 15.6. The highest BCUT2D eigenvalue weighted by atomic mass is 16.6. The van der Waals surface area contributed by atoms with E-state index >= 15 is 0 Å². The van der Waals surface area contributed by atoms with Gasteiger partial charge in [-0.3, -0.25) is 0 Å². The SMILES string of the molecule is CC(C)(C)OC(=O)N[C@@H]1CC[C@@]2(C)CC[C@@H]3C[C@@]2(C1)OC3(C)C. The molecule has 23 heavy (non-hydrogen) atoms. The molecule has 4 nitrogen and oxygen atoms in total. The maximum absolute atomic E-state index is 12.1. The molecule has 4 heteroatoms. The molecule has 1 amide bonds. The van der Waals surface area contributed by atoms with E-state index in [2.05, 4.69) is 26.1 Å². The maximum atomic E-state index is 12.1. The summed E-state index contributed by atoms with van der Waals surface area (Å²) in [5.41, 5.74) is -0.306. The van der Waals surface area contributed by atoms with Crippen LogP contribution in [0.2, 0.25) is 0 Å². The lowest BCUT2D eigenvalue weighted by atomic mass is 9.55. The first-order valence-electron chi connectivity index (χ1n) is 9.15. The van der Waals surface area contributed by atoms with Crippen LogP contribution in [0.3, 0.4) is 0 Å². The molecule has 2 aliphatic carbocycles. The van der Waals surface area contributed by atoms with Gasteiger partial charge in [0, 0.05) is 6.04 Å². The summed E-state index contributed by atoms with van der Waals surface area (Å²) in [5.74, 6) is 0.649. The topological polar surface area (TPSA) is 47.6 Å². The van der Waals surface area contributed by atoms with Crippen LogP contribution in [0.15, 0.2) is 0 Å². The Hall–Kier alpha value is -0.770. The van der Waals surface area contributed by atoms with Gasteiger partial charge in [-0.1, -0.05) is 6.92 Å². The summed E-state index contributed by atoms with van der Waals surface area (Å²) in [5, 5.41) is 3.09. The van der Waals surface area contributed by atoms with Crippen molar-refractivity contribution < 1.29 is 14.3 Å². The van der Waals surface area contributed by atoms with Crippen LogP contribution in [0.1, 0.15) is 80.1 Å². The molecule has 3 rings (SSSR count). The zero-order valence-electron chi connectivity index (χ0n) is 15.6. The number of nitrogens with one attached hydrogen (secondary N) is 1. The van der Waals surface area contributed by atoms with Crippen LogP contribution in [0, 0.1) is 11.3 Å². The Morgan fingerprint density at radius 3 is 2.43 bits per heavy atom. The first-order chi connectivity index (χ1) is 10.4. The fraction of sp³-hybridized carbons (Fsp3) is 0.947. The summed E-state index contributed by atoms with van der Waals surface area (Å²) in [4.78, 5) is 12.1. The molecular weight excluding hydrogens is 290 g/mol. The summed E-state index contributed by atoms with van der Waals surface area (Å²) in [6, 6.07) is 0.158. The average molecular weight is 323 g/mol. The molecular formula is C19H33NO3. The second-order valence-corrected chi connectivity index (χ2v) is 9.79. The van der Waals surface area contributed by atoms with Crippen LogP contribution < -0.4 is 5.32 Å². The largest absolute Gasteiger partial charge is 0.444 e. The van der Waals surface area contributed by atoms with Crippen LogP contribution in [0.25, 0.3) is 0 Å². The highest BCUT2D eigenvalue weighted by Gasteiger charge is 2.64. The van der Waals surface area contributed by atoms with Gasteiger partial charge in [-0.2, -0.15) is 0 Å². The molecule has 1 N–H and O–H groups in total. The Bertz CT molecular complexity index is 495. The first-order valence-corrected chi connectivity index (χ1v) is 9.15. The monoisotopic (exact) mass is 323 g/mol. The number of rotatable bonds is 1. The molecule has 3 fully saturated rings. The third-order valence-electron chi connectivity index (χ3n) is 6.50. The van der Waals surface area contributed by atoms with Crippen LogP contribution in [0.5, 0.6) is 0 Å². The van der Waals surface area contributed by atoms with E-state index in [-0.39, 0.29) is 28.8 Å². The van der Waals surface area contributed by atoms with Gasteiger partial charge < -0.3 is 14.8 Å². The molecule has 0 unspecified atom stereocenters. The van der Waals surface area contributed by atoms with Crippen molar-refractivity contribution in [1.82, 2.24) is 5.32 Å². The molecule has 2 saturated carbocycles. The van der Waals surface area contributed by atoms with E-state index < -0.39 is 5.60 Å². The third-order valence-corrected chi connectivity index (χ3v) is 6.50. The molecule has 1 spiro atoms. The van der Waals surface area contributed by atoms with E-state index in [1.807, 2.05) is 20.8 Å². The number of alkyl carbamates (subject to hydrolysis) is 1. The van der Waals surface area contributed by atoms with Crippen LogP contribution in [-0.2, 0) is 9.47 Å². The Kier molecular flexibility index (Phi) is 3.79. The fourth-order valence-electron chi connectivity index (χ4n) is 5.13. The zero-order chi connectivity index (χ0) is 17.1. The number of amides is 1. The van der Waals surface area contributed by atoms with Crippen molar-refractivity contribution >= 4 is 6.09 Å². The highest BCUT2D eigenvalue weighted by molar-refractivity contribution is 5.68. The van der Waals surface area contributed by atoms with E-state index in [1.165, 1.54) is 12.8 Å². The summed E-state index contributed by atoms with van der Waals surface area (Å²) >= 11 is 0. The maximum Gasteiger partial charge on any atom is 0.407 e. The lowest BCUT2D eigenvalue weighted by molar-refractivity contribution is -0.171. The number of fused-ring (bicyclic) bond motifs is 1. The normalized spacial score (nSPS) is 42.0. The second kappa shape index (κ2) is 5.11. The van der Waals surface area contributed by atoms with Gasteiger partial charge in [-0.05, 0) is 84.5 Å². The molecule has 1 aliphatic heterocycles. The predicted octanol–water partition coefficient (Wildman–Crippen LogP) is 4.42. The average Bonchev–Trinajstić information content (AvgIpc) is 2.57. The Morgan fingerprint density at radius 1 is 1.13 bits per heavy atom. The molecule has 0 aromatic carbocycles. The fourth-order valence-corrected chi connectivity index (χ4v) is 5.13. The van der Waals surface area contributed by atoms with Crippen LogP contribution >= 0.6 is 0 Å². The number of carbonyl (C=O) groups excluding carboxylic acids is 1. The molecule has 0 aromatic rings. The minimum absolute atomic E-state index is 0.0361. The van der Waals surface area contributed by atoms with Gasteiger partial charge in [0.2, 0.25) is 0 Å². The summed E-state index contributed by atoms with van der Waals surface area (Å²) in [7, 11) is 0. The van der Waals surface area contributed by atoms with Crippen molar-refractivity contribution in [2.24, 2.45) is 11.3 Å². The molecule has 2 bridgehead atoms. The van der Waals surface area contributed by atoms with E-state index in [9.17, 15) is 4.79 Å². The number of hydrogen-bond acceptors (Lipinski definition) is 3. The van der Waals surface area contributed by atoms with Gasteiger partial charge in [0.25, 0.3) is 0 Å². The van der Waals surface area contributed by atoms with Crippen molar-refractivity contribution in [1.29, 1.82) is 0 Å². The number of ether oxygens (including phenoxy) is 2. The Labute approximate surface area is 140 Å². The predicted molar refractivity (Wildman–Crippen MR) is 90.4 cm³/mol. The van der Waals surface area contributed by atoms with E-state index in [0.29, 0.717) is 5.92 Å². The molecule has 132 valence electrons. The van der Waals surface area contributed by atoms with Gasteiger partial charge in [0.15, 0.2) is 0 Å². The molecule has 1 saturated heterocycles. The van der Waals surface area contributed by atoms with Crippen molar-refractivity contribution in [2.45, 2.75) is 103 Å². The third kappa shape index (κ3) is 2.99. The number of carbonyl (C=O) groups is 1. The van der Waals surface area contributed by atoms with Crippen LogP contribution in [0.4, 0.5) is 4.79 Å². The first kappa shape index (κ1) is 17.1. The standard InChI is InChI=1S/C19H33NO3/c1-16(2,3)22-15(21)20-14-8-10-18(6)9-7-13-11-19(18,12-14)23-17(13,4)5/h13-14H,7-12H2,1-6H3,(H,20,21)/t13-,14-,18-,19+/m1/s1.